The van der Waals surface area contributed by atoms with E-state index in [1.54, 1.807) is 0 Å². The normalized spacial score (nSPS) is 22.1. The van der Waals surface area contributed by atoms with E-state index in [9.17, 15) is 199 Å². The van der Waals surface area contributed by atoms with Crippen molar-refractivity contribution in [3.63, 3.8) is 0 Å². The van der Waals surface area contributed by atoms with Gasteiger partial charge in [0.05, 0.1) is 192 Å². The Hall–Kier alpha value is 0.900. The van der Waals surface area contributed by atoms with Crippen molar-refractivity contribution >= 4 is 110 Å². The zero-order chi connectivity index (χ0) is 103. The summed E-state index contributed by atoms with van der Waals surface area (Å²) in [6, 6.07) is 0. The highest BCUT2D eigenvalue weighted by Gasteiger charge is 2.38. The lowest BCUT2D eigenvalue weighted by molar-refractivity contribution is -0.00190. The molecule has 0 fully saturated rings. The molecule has 0 spiro atoms. The molecule has 31 N–H and O–H groups in total. The third-order valence-corrected chi connectivity index (χ3v) is 26.5. The van der Waals surface area contributed by atoms with Crippen molar-refractivity contribution in [3.05, 3.63) is 0 Å². The number of phosphoric acid groups is 14. The van der Waals surface area contributed by atoms with E-state index in [1.165, 1.54) is 0 Å². The van der Waals surface area contributed by atoms with Gasteiger partial charge in [-0.1, -0.05) is 12.8 Å². The second kappa shape index (κ2) is 66.3. The Morgan fingerprint density at radius 3 is 0.336 bits per heavy atom. The Bertz CT molecular complexity index is 3830. The molecule has 0 radical (unpaired) electrons. The highest BCUT2D eigenvalue weighted by molar-refractivity contribution is 7.50. The smallest absolute Gasteiger partial charge is 0.394 e. The summed E-state index contributed by atoms with van der Waals surface area (Å²) in [6.45, 7) is -32.4. The van der Waals surface area contributed by atoms with Gasteiger partial charge in [-0.3, -0.25) is 127 Å². The number of aliphatic hydroxyl groups is 15. The number of aliphatic hydroxyl groups excluding tert-OH is 15. The van der Waals surface area contributed by atoms with E-state index in [-0.39, 0.29) is 6.61 Å². The maximum Gasteiger partial charge on any atom is 0.472 e. The summed E-state index contributed by atoms with van der Waals surface area (Å²) in [5, 5.41) is 148. The molecular weight excluding hydrogens is 2160 g/mol. The van der Waals surface area contributed by atoms with Crippen LogP contribution in [-0.4, -0.2) is 429 Å². The fraction of sp³-hybridized carbons (Fsp3) is 1.00. The summed E-state index contributed by atoms with van der Waals surface area (Å²) in [6.07, 6.45) is -25.2. The van der Waals surface area contributed by atoms with Crippen molar-refractivity contribution < 1.29 is 336 Å². The summed E-state index contributed by atoms with van der Waals surface area (Å²) in [5.74, 6) is 0. The van der Waals surface area contributed by atoms with Crippen LogP contribution in [0.15, 0.2) is 0 Å². The van der Waals surface area contributed by atoms with Gasteiger partial charge in [-0.05, 0) is 19.4 Å². The third-order valence-electron chi connectivity index (χ3n) is 13.2. The number of hydrogen-bond donors (Lipinski definition) is 30. The maximum absolute atomic E-state index is 12.3. The van der Waals surface area contributed by atoms with Gasteiger partial charge in [0.25, 0.3) is 0 Å². The van der Waals surface area contributed by atoms with E-state index in [4.69, 9.17) is 20.5 Å². The molecular formula is C48H113NO71P14. The van der Waals surface area contributed by atoms with Crippen LogP contribution in [0.25, 0.3) is 0 Å². The molecule has 0 saturated carbocycles. The van der Waals surface area contributed by atoms with Gasteiger partial charge in [-0.15, -0.1) is 0 Å². The van der Waals surface area contributed by atoms with Gasteiger partial charge < -0.3 is 151 Å². The first kappa shape index (κ1) is 135. The van der Waals surface area contributed by atoms with E-state index < -0.39 is 380 Å². The van der Waals surface area contributed by atoms with E-state index in [0.29, 0.717) is 19.4 Å². The molecule has 0 bridgehead atoms. The molecule has 0 amide bonds. The van der Waals surface area contributed by atoms with E-state index in [2.05, 4.69) is 122 Å². The van der Waals surface area contributed by atoms with Crippen LogP contribution in [0.5, 0.6) is 0 Å². The standard InChI is InChI=1S/C48H113NO71P14/c49-5-3-1-2-4-6-93-121(65,66)95-9-36(52)10-97-123(69,70)99-13-38(54)14-101-125(73,74)103-17-40(56)18-105-127(77,78)107-21-42(58)22-109-129(81,82)111-25-44(60)26-113-131(85,86)115-29-46(62)30-117-133(89,90)119-33-48(64)34-120-134(91,92)118-32-47(63)31-116-132(87,88)114-28-45(61)27-112-130(83,84)110-24-43(59)23-108-128(79,80)106-20-41(57)19-104-126(75,76)102-16-39(55)15-100-124(71,72)98-12-37(53)11-96-122(67,68)94-8-35(51)7-50/h35-48,50-64H,1-34,49H2,(H,65,66)(H,67,68)(H,69,70)(H,71,72)(H,73,74)(H,75,76)(H,77,78)(H,79,80)(H,81,82)(H,83,84)(H,85,86)(H,87,88)(H,89,90)(H,91,92)/t35-,36+,37-,38+,39-,40+,41-,42+,43-,44+,45-,46+,47-,48+/m1/s1. The second-order valence-electron chi connectivity index (χ2n) is 25.9. The highest BCUT2D eigenvalue weighted by Crippen LogP contribution is 2.54. The van der Waals surface area contributed by atoms with Crippen LogP contribution < -0.4 is 5.73 Å². The molecule has 0 aromatic heterocycles. The van der Waals surface area contributed by atoms with Gasteiger partial charge in [-0.25, -0.2) is 63.9 Å². The monoisotopic (exact) mass is 2270 g/mol. The summed E-state index contributed by atoms with van der Waals surface area (Å²) in [7, 11) is -72.4. The highest BCUT2D eigenvalue weighted by atomic mass is 31.2. The lowest BCUT2D eigenvalue weighted by Gasteiger charge is -2.20. The largest absolute Gasteiger partial charge is 0.472 e. The topological polar surface area (TPSA) is 1110 Å². The molecule has 0 heterocycles. The minimum absolute atomic E-state index is 0.161. The van der Waals surface area contributed by atoms with Crippen molar-refractivity contribution in [2.24, 2.45) is 5.73 Å². The number of nitrogens with two attached hydrogens (primary N) is 1. The molecule has 806 valence electrons. The lowest BCUT2D eigenvalue weighted by atomic mass is 10.2. The van der Waals surface area contributed by atoms with Crippen molar-refractivity contribution in [2.45, 2.75) is 111 Å². The number of hydrogen-bond acceptors (Lipinski definition) is 58. The molecule has 0 aromatic carbocycles. The molecule has 0 aliphatic heterocycles. The fourth-order valence-corrected chi connectivity index (χ4v) is 18.0. The molecule has 0 rings (SSSR count). The van der Waals surface area contributed by atoms with Gasteiger partial charge in [0.2, 0.25) is 0 Å². The molecule has 0 aromatic rings. The summed E-state index contributed by atoms with van der Waals surface area (Å²) in [5.41, 5.74) is 5.37. The van der Waals surface area contributed by atoms with Gasteiger partial charge >= 0.3 is 110 Å². The van der Waals surface area contributed by atoms with Crippen LogP contribution in [0.2, 0.25) is 0 Å². The molecule has 86 heteroatoms. The van der Waals surface area contributed by atoms with Crippen LogP contribution in [0, 0.1) is 0 Å². The predicted octanol–water partition coefficient (Wildman–Crippen LogP) is -6.58. The molecule has 28 atom stereocenters. The van der Waals surface area contributed by atoms with Crippen molar-refractivity contribution in [2.75, 3.05) is 198 Å². The number of phosphoric ester groups is 14. The van der Waals surface area contributed by atoms with Crippen molar-refractivity contribution in [1.82, 2.24) is 0 Å². The zero-order valence-electron chi connectivity index (χ0n) is 69.1. The maximum atomic E-state index is 12.3. The average molecular weight is 2270 g/mol. The second-order valence-corrected chi connectivity index (χ2v) is 46.3. The quantitative estimate of drug-likeness (QED) is 0.0199. The van der Waals surface area contributed by atoms with Crippen LogP contribution in [0.3, 0.4) is 0 Å². The third kappa shape index (κ3) is 76.5. The van der Waals surface area contributed by atoms with Crippen LogP contribution in [-0.2, 0) is 191 Å². The Morgan fingerprint density at radius 1 is 0.149 bits per heavy atom. The Morgan fingerprint density at radius 2 is 0.239 bits per heavy atom. The molecule has 134 heavy (non-hydrogen) atoms. The fourth-order valence-electron chi connectivity index (χ4n) is 6.85. The van der Waals surface area contributed by atoms with Crippen LogP contribution >= 0.6 is 110 Å². The van der Waals surface area contributed by atoms with Crippen molar-refractivity contribution in [3.8, 4) is 0 Å². The predicted molar refractivity (Wildman–Crippen MR) is 423 cm³/mol. The number of unbranched alkanes of at least 4 members (excludes halogenated alkanes) is 3. The first-order valence-corrected chi connectivity index (χ1v) is 57.8. The van der Waals surface area contributed by atoms with Gasteiger partial charge in [0, 0.05) is 0 Å². The van der Waals surface area contributed by atoms with Gasteiger partial charge in [-0.2, -0.15) is 0 Å². The summed E-state index contributed by atoms with van der Waals surface area (Å²) >= 11 is 0. The first-order chi connectivity index (χ1) is 61.3. The van der Waals surface area contributed by atoms with Gasteiger partial charge in [0.15, 0.2) is 0 Å². The Kier molecular flexibility index (Phi) is 66.7. The minimum atomic E-state index is -5.30. The first-order valence-electron chi connectivity index (χ1n) is 36.8. The van der Waals surface area contributed by atoms with Gasteiger partial charge in [0.1, 0.15) is 85.5 Å². The summed E-state index contributed by atoms with van der Waals surface area (Å²) < 4.78 is 295. The number of rotatable bonds is 89. The molecule has 0 aliphatic carbocycles. The van der Waals surface area contributed by atoms with E-state index in [1.807, 2.05) is 0 Å². The lowest BCUT2D eigenvalue weighted by Crippen LogP contribution is -2.25. The molecule has 0 aliphatic rings. The Balaban J connectivity index is 4.58. The molecule has 72 nitrogen and oxygen atoms in total. The Labute approximate surface area is 757 Å². The van der Waals surface area contributed by atoms with Crippen LogP contribution in [0.4, 0.5) is 0 Å². The average Bonchev–Trinajstić information content (AvgIpc) is 0.905. The molecule has 0 saturated heterocycles. The molecule has 14 unspecified atom stereocenters. The summed E-state index contributed by atoms with van der Waals surface area (Å²) in [4.78, 5) is 137. The SMILES string of the molecule is NCCCCCCOP(=O)(O)OC[C@H](O)COP(=O)(O)OC[C@H](O)COP(=O)(O)OC[C@H](O)COP(=O)(O)OC[C@H](O)COP(=O)(O)OC[C@H](O)COP(=O)(O)OC[C@H](O)COP(=O)(O)OC[C@H](O)COP(=O)(O)OC[C@H](O)COP(=O)(O)OC[C@H](O)COP(=O)(O)OC[C@H](O)COP(=O)(O)OC[C@H](O)COP(=O)(O)OC[C@H](O)COP(=O)(O)OC[C@H](O)COP(=O)(O)OC[C@H](O)CO. The minimum Gasteiger partial charge on any atom is -0.394 e. The van der Waals surface area contributed by atoms with E-state index >= 15 is 0 Å². The van der Waals surface area contributed by atoms with Crippen LogP contribution in [0.1, 0.15) is 25.7 Å². The van der Waals surface area contributed by atoms with E-state index in [0.717, 1.165) is 12.8 Å². The van der Waals surface area contributed by atoms with Crippen molar-refractivity contribution in [1.29, 1.82) is 0 Å². The zero-order valence-corrected chi connectivity index (χ0v) is 81.6.